The highest BCUT2D eigenvalue weighted by Gasteiger charge is 2.43. The second kappa shape index (κ2) is 5.22. The number of carbonyl (C=O) groups excluding carboxylic acids is 1. The molecule has 0 saturated carbocycles. The van der Waals surface area contributed by atoms with Crippen molar-refractivity contribution >= 4 is 5.91 Å². The minimum Gasteiger partial charge on any atom is -0.378 e. The zero-order valence-corrected chi connectivity index (χ0v) is 9.64. The van der Waals surface area contributed by atoms with Gasteiger partial charge in [0.2, 0.25) is 5.91 Å². The second-order valence-corrected chi connectivity index (χ2v) is 4.27. The van der Waals surface area contributed by atoms with Crippen molar-refractivity contribution in [2.24, 2.45) is 5.73 Å². The molecule has 1 fully saturated rings. The number of primary amides is 1. The number of hydrogen-bond donors (Lipinski definition) is 2. The molecule has 0 aromatic rings. The lowest BCUT2D eigenvalue weighted by Crippen LogP contribution is -2.61. The van der Waals surface area contributed by atoms with E-state index in [-0.39, 0.29) is 25.6 Å². The Hall–Kier alpha value is -0.820. The fraction of sp³-hybridized carbons (Fsp3) is 0.900. The van der Waals surface area contributed by atoms with Gasteiger partial charge in [0.25, 0.3) is 0 Å². The third kappa shape index (κ3) is 3.85. The molecule has 1 aliphatic rings. The summed E-state index contributed by atoms with van der Waals surface area (Å²) >= 11 is 0. The molecule has 2 unspecified atom stereocenters. The maximum absolute atomic E-state index is 12.2. The quantitative estimate of drug-likeness (QED) is 0.785. The van der Waals surface area contributed by atoms with Gasteiger partial charge in [0.05, 0.1) is 12.6 Å². The van der Waals surface area contributed by atoms with Crippen molar-refractivity contribution in [2.75, 3.05) is 13.2 Å². The molecule has 1 saturated heterocycles. The third-order valence-corrected chi connectivity index (χ3v) is 3.01. The van der Waals surface area contributed by atoms with Crippen molar-refractivity contribution < 1.29 is 22.7 Å². The number of nitrogens with one attached hydrogen (secondary N) is 1. The maximum Gasteiger partial charge on any atom is 0.401 e. The largest absolute Gasteiger partial charge is 0.401 e. The van der Waals surface area contributed by atoms with Gasteiger partial charge < -0.3 is 10.5 Å². The second-order valence-electron chi connectivity index (χ2n) is 4.27. The Morgan fingerprint density at radius 3 is 2.71 bits per heavy atom. The third-order valence-electron chi connectivity index (χ3n) is 3.01. The summed E-state index contributed by atoms with van der Waals surface area (Å²) < 4.78 is 41.9. The first-order valence-electron chi connectivity index (χ1n) is 5.52. The topological polar surface area (TPSA) is 64.3 Å². The van der Waals surface area contributed by atoms with Crippen molar-refractivity contribution in [2.45, 2.75) is 44.0 Å². The summed E-state index contributed by atoms with van der Waals surface area (Å²) in [5.74, 6) is -0.747. The Balaban J connectivity index is 2.72. The van der Waals surface area contributed by atoms with Crippen molar-refractivity contribution in [3.8, 4) is 0 Å². The first-order valence-corrected chi connectivity index (χ1v) is 5.52. The Kier molecular flexibility index (Phi) is 4.37. The van der Waals surface area contributed by atoms with Crippen molar-refractivity contribution in [1.29, 1.82) is 0 Å². The summed E-state index contributed by atoms with van der Waals surface area (Å²) in [6.07, 6.45) is -3.58. The summed E-state index contributed by atoms with van der Waals surface area (Å²) in [6.45, 7) is 0.879. The molecule has 100 valence electrons. The number of carbonyl (C=O) groups is 1. The summed E-state index contributed by atoms with van der Waals surface area (Å²) in [6, 6.07) is 0. The van der Waals surface area contributed by atoms with Gasteiger partial charge in [-0.25, -0.2) is 0 Å². The van der Waals surface area contributed by atoms with E-state index in [1.807, 2.05) is 6.92 Å². The van der Waals surface area contributed by atoms with Gasteiger partial charge in [-0.1, -0.05) is 6.92 Å². The van der Waals surface area contributed by atoms with E-state index in [1.165, 1.54) is 0 Å². The van der Waals surface area contributed by atoms with Crippen LogP contribution in [-0.2, 0) is 9.53 Å². The molecular weight excluding hydrogens is 237 g/mol. The van der Waals surface area contributed by atoms with Crippen LogP contribution in [0.25, 0.3) is 0 Å². The fourth-order valence-electron chi connectivity index (χ4n) is 1.95. The molecule has 7 heteroatoms. The molecule has 0 bridgehead atoms. The highest BCUT2D eigenvalue weighted by atomic mass is 19.4. The molecular formula is C10H17F3N2O2. The standard InChI is InChI=1S/C10H17F3N2O2/c1-2-7-5-9(8(14)16,3-4-17-7)15-6-10(11,12)13/h7,15H,2-6H2,1H3,(H2,14,16). The molecule has 0 aliphatic carbocycles. The van der Waals surface area contributed by atoms with E-state index in [2.05, 4.69) is 5.32 Å². The van der Waals surface area contributed by atoms with Gasteiger partial charge in [-0.15, -0.1) is 0 Å². The Bertz CT molecular complexity index is 283. The molecule has 0 radical (unpaired) electrons. The van der Waals surface area contributed by atoms with E-state index in [4.69, 9.17) is 10.5 Å². The summed E-state index contributed by atoms with van der Waals surface area (Å²) in [5.41, 5.74) is 3.93. The Morgan fingerprint density at radius 1 is 1.59 bits per heavy atom. The van der Waals surface area contributed by atoms with Crippen LogP contribution in [-0.4, -0.2) is 36.9 Å². The van der Waals surface area contributed by atoms with Gasteiger partial charge in [0, 0.05) is 13.0 Å². The van der Waals surface area contributed by atoms with Gasteiger partial charge in [0.15, 0.2) is 0 Å². The first-order chi connectivity index (χ1) is 7.79. The average Bonchev–Trinajstić information content (AvgIpc) is 2.25. The Morgan fingerprint density at radius 2 is 2.24 bits per heavy atom. The van der Waals surface area contributed by atoms with E-state index in [0.29, 0.717) is 6.42 Å². The van der Waals surface area contributed by atoms with Crippen LogP contribution in [0.5, 0.6) is 0 Å². The summed E-state index contributed by atoms with van der Waals surface area (Å²) in [5, 5.41) is 2.26. The van der Waals surface area contributed by atoms with E-state index in [0.717, 1.165) is 0 Å². The molecule has 0 aromatic heterocycles. The molecule has 1 aliphatic heterocycles. The van der Waals surface area contributed by atoms with Crippen molar-refractivity contribution in [3.63, 3.8) is 0 Å². The van der Waals surface area contributed by atoms with Gasteiger partial charge in [-0.3, -0.25) is 10.1 Å². The lowest BCUT2D eigenvalue weighted by Gasteiger charge is -2.39. The Labute approximate surface area is 97.7 Å². The fourth-order valence-corrected chi connectivity index (χ4v) is 1.95. The lowest BCUT2D eigenvalue weighted by molar-refractivity contribution is -0.144. The summed E-state index contributed by atoms with van der Waals surface area (Å²) in [7, 11) is 0. The van der Waals surface area contributed by atoms with Crippen LogP contribution in [0.4, 0.5) is 13.2 Å². The lowest BCUT2D eigenvalue weighted by atomic mass is 9.85. The van der Waals surface area contributed by atoms with E-state index in [1.54, 1.807) is 0 Å². The molecule has 1 heterocycles. The molecule has 0 spiro atoms. The zero-order valence-electron chi connectivity index (χ0n) is 9.64. The van der Waals surface area contributed by atoms with Gasteiger partial charge in [0.1, 0.15) is 5.54 Å². The average molecular weight is 254 g/mol. The number of alkyl halides is 3. The molecule has 2 atom stereocenters. The SMILES string of the molecule is CCC1CC(NCC(F)(F)F)(C(N)=O)CCO1. The molecule has 1 amide bonds. The van der Waals surface area contributed by atoms with Crippen LogP contribution < -0.4 is 11.1 Å². The van der Waals surface area contributed by atoms with Crippen LogP contribution in [0.1, 0.15) is 26.2 Å². The number of halogens is 3. The summed E-state index contributed by atoms with van der Waals surface area (Å²) in [4.78, 5) is 11.4. The number of hydrogen-bond acceptors (Lipinski definition) is 3. The van der Waals surface area contributed by atoms with Crippen LogP contribution in [0, 0.1) is 0 Å². The number of rotatable bonds is 4. The minimum atomic E-state index is -4.36. The molecule has 17 heavy (non-hydrogen) atoms. The highest BCUT2D eigenvalue weighted by molar-refractivity contribution is 5.84. The van der Waals surface area contributed by atoms with E-state index >= 15 is 0 Å². The monoisotopic (exact) mass is 254 g/mol. The van der Waals surface area contributed by atoms with E-state index in [9.17, 15) is 18.0 Å². The first kappa shape index (κ1) is 14.2. The predicted molar refractivity (Wildman–Crippen MR) is 55.2 cm³/mol. The normalized spacial score (nSPS) is 30.2. The molecule has 3 N–H and O–H groups in total. The highest BCUT2D eigenvalue weighted by Crippen LogP contribution is 2.27. The molecule has 0 aromatic carbocycles. The van der Waals surface area contributed by atoms with Crippen LogP contribution in [0.2, 0.25) is 0 Å². The van der Waals surface area contributed by atoms with Crippen LogP contribution >= 0.6 is 0 Å². The van der Waals surface area contributed by atoms with Crippen LogP contribution in [0.3, 0.4) is 0 Å². The predicted octanol–water partition coefficient (Wildman–Crippen LogP) is 0.951. The van der Waals surface area contributed by atoms with Gasteiger partial charge in [-0.05, 0) is 12.8 Å². The number of amides is 1. The van der Waals surface area contributed by atoms with Gasteiger partial charge in [-0.2, -0.15) is 13.2 Å². The molecule has 4 nitrogen and oxygen atoms in total. The van der Waals surface area contributed by atoms with Gasteiger partial charge >= 0.3 is 6.18 Å². The minimum absolute atomic E-state index is 0.176. The zero-order chi connectivity index (χ0) is 13.1. The van der Waals surface area contributed by atoms with E-state index < -0.39 is 24.2 Å². The number of ether oxygens (including phenoxy) is 1. The smallest absolute Gasteiger partial charge is 0.378 e. The van der Waals surface area contributed by atoms with Crippen LogP contribution in [0.15, 0.2) is 0 Å². The maximum atomic E-state index is 12.2. The molecule has 1 rings (SSSR count). The van der Waals surface area contributed by atoms with Crippen molar-refractivity contribution in [1.82, 2.24) is 5.32 Å². The number of nitrogens with two attached hydrogens (primary N) is 1. The van der Waals surface area contributed by atoms with Crippen molar-refractivity contribution in [3.05, 3.63) is 0 Å².